The third kappa shape index (κ3) is 225. The van der Waals surface area contributed by atoms with Crippen LogP contribution in [-0.2, 0) is 15.1 Å². The fraction of sp³-hybridized carbons (Fsp3) is 0. The van der Waals surface area contributed by atoms with Gasteiger partial charge in [0.15, 0.2) is 0 Å². The molecule has 0 amide bonds. The van der Waals surface area contributed by atoms with Crippen LogP contribution in [0, 0.1) is 11.5 Å². The number of rotatable bonds is 0. The Bertz CT molecular complexity index is 43.3. The van der Waals surface area contributed by atoms with Gasteiger partial charge in [-0.3, -0.25) is 0 Å². The summed E-state index contributed by atoms with van der Waals surface area (Å²) in [6.07, 6.45) is 0.750. The second-order valence-electron chi connectivity index (χ2n) is 0.201. The Labute approximate surface area is 51.4 Å². The van der Waals surface area contributed by atoms with E-state index < -0.39 is 15.1 Å². The average Bonchev–Trinajstić information content (AvgIpc) is 1.39. The van der Waals surface area contributed by atoms with Crippen LogP contribution in [0.15, 0.2) is 0 Å². The Morgan fingerprint density at radius 1 is 1.67 bits per heavy atom. The molecule has 0 unspecified atom stereocenters. The van der Waals surface area contributed by atoms with Crippen LogP contribution in [0.1, 0.15) is 0 Å². The quantitative estimate of drug-likeness (QED) is 0.449. The zero-order valence-corrected chi connectivity index (χ0v) is 7.34. The summed E-state index contributed by atoms with van der Waals surface area (Å²) in [7, 11) is 9.90. The molecule has 6 heavy (non-hydrogen) atoms. The number of hydrogen-bond acceptors (Lipinski definition) is 2. The van der Waals surface area contributed by atoms with E-state index in [-0.39, 0.29) is 0 Å². The van der Waals surface area contributed by atoms with E-state index >= 15 is 0 Å². The Kier molecular flexibility index (Phi) is 28.9. The van der Waals surface area contributed by atoms with Gasteiger partial charge in [0.05, 0.1) is 0 Å². The first-order valence-corrected chi connectivity index (χ1v) is 8.78. The molecule has 0 saturated carbocycles. The number of hydrogen-bond donors (Lipinski definition) is 1. The molecule has 0 rings (SSSR count). The van der Waals surface area contributed by atoms with Crippen LogP contribution >= 0.6 is 19.4 Å². The summed E-state index contributed by atoms with van der Waals surface area (Å²) in [5, 5.41) is 13.8. The fourth-order valence-corrected chi connectivity index (χ4v) is 0. The van der Waals surface area contributed by atoms with Crippen LogP contribution in [0.25, 0.3) is 0 Å². The van der Waals surface area contributed by atoms with Gasteiger partial charge in [-0.25, -0.2) is 0 Å². The number of nitriles is 1. The second-order valence-corrected chi connectivity index (χ2v) is 4.82. The van der Waals surface area contributed by atoms with Crippen LogP contribution in [0.4, 0.5) is 0 Å². The number of aliphatic hydroxyl groups excluding tert-OH is 1. The monoisotopic (exact) mass is 177 g/mol. The van der Waals surface area contributed by atoms with Gasteiger partial charge >= 0.3 is 34.5 Å². The van der Waals surface area contributed by atoms with Crippen LogP contribution in [0.2, 0.25) is 0 Å². The molecule has 0 spiro atoms. The topological polar surface area (TPSA) is 44.0 Å². The van der Waals surface area contributed by atoms with Crippen molar-refractivity contribution in [3.05, 3.63) is 0 Å². The van der Waals surface area contributed by atoms with Crippen molar-refractivity contribution in [2.45, 2.75) is 0 Å². The average molecular weight is 179 g/mol. The Morgan fingerprint density at radius 3 is 1.67 bits per heavy atom. The van der Waals surface area contributed by atoms with E-state index in [4.69, 9.17) is 29.8 Å². The summed E-state index contributed by atoms with van der Waals surface area (Å²) < 4.78 is 0. The van der Waals surface area contributed by atoms with Crippen molar-refractivity contribution in [1.82, 2.24) is 0 Å². The number of aliphatic hydroxyl groups is 1. The molecule has 0 fully saturated rings. The van der Waals surface area contributed by atoms with Crippen LogP contribution in [-0.4, -0.2) is 5.11 Å². The summed E-state index contributed by atoms with van der Waals surface area (Å²) in [6, 6.07) is 0. The molecular formula is CHCl2NOZn. The molecule has 5 heteroatoms. The molecule has 0 aromatic carbocycles. The van der Waals surface area contributed by atoms with Crippen molar-refractivity contribution in [2.75, 3.05) is 0 Å². The van der Waals surface area contributed by atoms with Gasteiger partial charge in [-0.15, -0.1) is 0 Å². The fourth-order valence-electron chi connectivity index (χ4n) is 0. The molecule has 0 bridgehead atoms. The molecule has 0 aliphatic rings. The molecule has 0 aromatic heterocycles. The van der Waals surface area contributed by atoms with Gasteiger partial charge in [-0.1, -0.05) is 0 Å². The zero-order valence-electron chi connectivity index (χ0n) is 2.86. The molecule has 0 heterocycles. The standard InChI is InChI=1S/CHNO.2ClH.Zn/c2-1-3;;;/h3H;2*1H;/q;;;+2/p-2. The molecule has 0 aliphatic heterocycles. The van der Waals surface area contributed by atoms with Gasteiger partial charge < -0.3 is 5.11 Å². The molecule has 2 nitrogen and oxygen atoms in total. The maximum atomic E-state index is 6.88. The van der Waals surface area contributed by atoms with E-state index in [9.17, 15) is 0 Å². The van der Waals surface area contributed by atoms with E-state index in [0.29, 0.717) is 0 Å². The Morgan fingerprint density at radius 2 is 1.67 bits per heavy atom. The van der Waals surface area contributed by atoms with E-state index in [1.165, 1.54) is 0 Å². The Hall–Kier alpha value is 0.493. The predicted octanol–water partition coefficient (Wildman–Crippen LogP) is 1.22. The molecule has 0 atom stereocenters. The van der Waals surface area contributed by atoms with Crippen molar-refractivity contribution >= 4 is 19.4 Å². The van der Waals surface area contributed by atoms with Crippen molar-refractivity contribution in [2.24, 2.45) is 0 Å². The zero-order chi connectivity index (χ0) is 5.41. The van der Waals surface area contributed by atoms with Gasteiger partial charge in [-0.2, -0.15) is 5.26 Å². The van der Waals surface area contributed by atoms with E-state index in [1.54, 1.807) is 0 Å². The summed E-state index contributed by atoms with van der Waals surface area (Å²) >= 11 is -0.931. The number of nitrogens with zero attached hydrogens (tertiary/aromatic N) is 1. The van der Waals surface area contributed by atoms with Crippen LogP contribution in [0.5, 0.6) is 0 Å². The van der Waals surface area contributed by atoms with E-state index in [1.807, 2.05) is 0 Å². The SMILES string of the molecule is N#CO.[Cl][Zn][Cl]. The third-order valence-electron chi connectivity index (χ3n) is 0. The maximum absolute atomic E-state index is 6.88. The first-order chi connectivity index (χ1) is 2.83. The van der Waals surface area contributed by atoms with Crippen LogP contribution < -0.4 is 0 Å². The molecule has 0 aliphatic carbocycles. The first kappa shape index (κ1) is 9.71. The first-order valence-electron chi connectivity index (χ1n) is 0.982. The Balaban J connectivity index is 0. The number of halogens is 2. The third-order valence-corrected chi connectivity index (χ3v) is 0. The second kappa shape index (κ2) is 17.8. The molecule has 32 valence electrons. The normalized spacial score (nSPS) is 2.83. The summed E-state index contributed by atoms with van der Waals surface area (Å²) in [5.74, 6) is 0. The van der Waals surface area contributed by atoms with Gasteiger partial charge in [0, 0.05) is 0 Å². The van der Waals surface area contributed by atoms with Crippen molar-refractivity contribution in [1.29, 1.82) is 5.26 Å². The van der Waals surface area contributed by atoms with Crippen molar-refractivity contribution < 1.29 is 20.3 Å². The van der Waals surface area contributed by atoms with E-state index in [2.05, 4.69) is 0 Å². The van der Waals surface area contributed by atoms with Gasteiger partial charge in [-0.05, 0) is 0 Å². The van der Waals surface area contributed by atoms with Crippen LogP contribution in [0.3, 0.4) is 0 Å². The molecular weight excluding hydrogens is 178 g/mol. The summed E-state index contributed by atoms with van der Waals surface area (Å²) in [6.45, 7) is 0. The summed E-state index contributed by atoms with van der Waals surface area (Å²) in [5.41, 5.74) is 0. The van der Waals surface area contributed by atoms with Gasteiger partial charge in [0.1, 0.15) is 0 Å². The van der Waals surface area contributed by atoms with Gasteiger partial charge in [0.25, 0.3) is 6.26 Å². The van der Waals surface area contributed by atoms with E-state index in [0.717, 1.165) is 6.26 Å². The summed E-state index contributed by atoms with van der Waals surface area (Å²) in [4.78, 5) is 0. The molecule has 0 aromatic rings. The van der Waals surface area contributed by atoms with Crippen molar-refractivity contribution in [3.63, 3.8) is 0 Å². The molecule has 1 N–H and O–H groups in total. The minimum atomic E-state index is -0.931. The van der Waals surface area contributed by atoms with Crippen molar-refractivity contribution in [3.8, 4) is 6.26 Å². The molecule has 0 saturated heterocycles. The predicted molar refractivity (Wildman–Crippen MR) is 19.3 cm³/mol. The van der Waals surface area contributed by atoms with Gasteiger partial charge in [0.2, 0.25) is 0 Å². The molecule has 0 radical (unpaired) electrons. The minimum absolute atomic E-state index is 0.750.